The van der Waals surface area contributed by atoms with Crippen molar-refractivity contribution in [3.05, 3.63) is 15.6 Å². The minimum atomic E-state index is -0.293. The summed E-state index contributed by atoms with van der Waals surface area (Å²) in [5, 5.41) is 0.988. The van der Waals surface area contributed by atoms with Crippen molar-refractivity contribution in [2.75, 3.05) is 32.8 Å². The van der Waals surface area contributed by atoms with E-state index in [9.17, 15) is 9.59 Å². The van der Waals surface area contributed by atoms with Crippen LogP contribution in [0.2, 0.25) is 0 Å². The van der Waals surface area contributed by atoms with Crippen LogP contribution in [0.5, 0.6) is 0 Å². The Morgan fingerprint density at radius 1 is 1.19 bits per heavy atom. The van der Waals surface area contributed by atoms with E-state index in [4.69, 9.17) is 4.74 Å². The van der Waals surface area contributed by atoms with Crippen LogP contribution >= 0.6 is 11.3 Å². The Balaban J connectivity index is 1.86. The molecule has 0 unspecified atom stereocenters. The van der Waals surface area contributed by atoms with Gasteiger partial charge in [0, 0.05) is 31.1 Å². The molecule has 1 saturated heterocycles. The second kappa shape index (κ2) is 6.89. The van der Waals surface area contributed by atoms with Crippen LogP contribution in [-0.4, -0.2) is 59.6 Å². The number of hydrogen-bond acceptors (Lipinski definition) is 5. The second-order valence-electron chi connectivity index (χ2n) is 4.99. The van der Waals surface area contributed by atoms with E-state index in [0.717, 1.165) is 15.6 Å². The summed E-state index contributed by atoms with van der Waals surface area (Å²) in [5.74, 6) is 0.102. The zero-order chi connectivity index (χ0) is 15.4. The van der Waals surface area contributed by atoms with Crippen molar-refractivity contribution in [1.29, 1.82) is 0 Å². The van der Waals surface area contributed by atoms with Gasteiger partial charge in [0.25, 0.3) is 0 Å². The molecule has 0 radical (unpaired) electrons. The summed E-state index contributed by atoms with van der Waals surface area (Å²) < 4.78 is 4.97. The molecular formula is C14H21N3O3S. The van der Waals surface area contributed by atoms with Gasteiger partial charge in [-0.05, 0) is 20.8 Å². The SMILES string of the molecule is CCOC(=O)N1CCN(C(=O)Cc2sc(C)nc2C)CC1. The van der Waals surface area contributed by atoms with Gasteiger partial charge in [0.15, 0.2) is 0 Å². The maximum absolute atomic E-state index is 12.3. The standard InChI is InChI=1S/C14H21N3O3S/c1-4-20-14(19)17-7-5-16(6-8-17)13(18)9-12-10(2)15-11(3)21-12/h4-9H2,1-3H3. The number of ether oxygens (including phenoxy) is 1. The lowest BCUT2D eigenvalue weighted by molar-refractivity contribution is -0.132. The highest BCUT2D eigenvalue weighted by Gasteiger charge is 2.25. The number of rotatable bonds is 3. The minimum Gasteiger partial charge on any atom is -0.450 e. The monoisotopic (exact) mass is 311 g/mol. The van der Waals surface area contributed by atoms with E-state index in [2.05, 4.69) is 4.98 Å². The summed E-state index contributed by atoms with van der Waals surface area (Å²) in [6.07, 6.45) is 0.107. The zero-order valence-corrected chi connectivity index (χ0v) is 13.5. The van der Waals surface area contributed by atoms with Gasteiger partial charge in [-0.2, -0.15) is 0 Å². The molecule has 1 aromatic heterocycles. The number of carbonyl (C=O) groups excluding carboxylic acids is 2. The predicted molar refractivity (Wildman–Crippen MR) is 80.5 cm³/mol. The quantitative estimate of drug-likeness (QED) is 0.850. The molecule has 0 bridgehead atoms. The van der Waals surface area contributed by atoms with Crippen LogP contribution < -0.4 is 0 Å². The average Bonchev–Trinajstić information content (AvgIpc) is 2.77. The summed E-state index contributed by atoms with van der Waals surface area (Å²) in [6, 6.07) is 0. The van der Waals surface area contributed by atoms with Crippen LogP contribution in [0.15, 0.2) is 0 Å². The molecular weight excluding hydrogens is 290 g/mol. The molecule has 1 aliphatic rings. The topological polar surface area (TPSA) is 62.7 Å². The van der Waals surface area contributed by atoms with E-state index in [1.807, 2.05) is 18.7 Å². The number of nitrogens with zero attached hydrogens (tertiary/aromatic N) is 3. The molecule has 0 atom stereocenters. The number of aromatic nitrogens is 1. The van der Waals surface area contributed by atoms with Gasteiger partial charge >= 0.3 is 6.09 Å². The van der Waals surface area contributed by atoms with Crippen molar-refractivity contribution < 1.29 is 14.3 Å². The van der Waals surface area contributed by atoms with Crippen LogP contribution in [0.3, 0.4) is 0 Å². The van der Waals surface area contributed by atoms with E-state index < -0.39 is 0 Å². The van der Waals surface area contributed by atoms with Gasteiger partial charge in [0.2, 0.25) is 5.91 Å². The van der Waals surface area contributed by atoms with Crippen molar-refractivity contribution in [2.45, 2.75) is 27.2 Å². The van der Waals surface area contributed by atoms with Crippen LogP contribution in [0.1, 0.15) is 22.5 Å². The number of carbonyl (C=O) groups is 2. The van der Waals surface area contributed by atoms with E-state index in [-0.39, 0.29) is 12.0 Å². The van der Waals surface area contributed by atoms with E-state index >= 15 is 0 Å². The molecule has 1 aromatic rings. The molecule has 7 heteroatoms. The molecule has 116 valence electrons. The lowest BCUT2D eigenvalue weighted by Gasteiger charge is -2.34. The molecule has 1 aliphatic heterocycles. The highest BCUT2D eigenvalue weighted by molar-refractivity contribution is 7.11. The van der Waals surface area contributed by atoms with Crippen LogP contribution in [-0.2, 0) is 16.0 Å². The fourth-order valence-corrected chi connectivity index (χ4v) is 3.27. The van der Waals surface area contributed by atoms with Crippen LogP contribution in [0, 0.1) is 13.8 Å². The molecule has 21 heavy (non-hydrogen) atoms. The highest BCUT2D eigenvalue weighted by atomic mass is 32.1. The Labute approximate surface area is 128 Å². The maximum Gasteiger partial charge on any atom is 0.409 e. The summed E-state index contributed by atoms with van der Waals surface area (Å²) >= 11 is 1.58. The smallest absolute Gasteiger partial charge is 0.409 e. The molecule has 1 fully saturated rings. The van der Waals surface area contributed by atoms with Crippen LogP contribution in [0.25, 0.3) is 0 Å². The molecule has 2 amide bonds. The maximum atomic E-state index is 12.3. The Bertz CT molecular complexity index is 522. The lowest BCUT2D eigenvalue weighted by Crippen LogP contribution is -2.51. The summed E-state index contributed by atoms with van der Waals surface area (Å²) in [5.41, 5.74) is 0.941. The largest absolute Gasteiger partial charge is 0.450 e. The van der Waals surface area contributed by atoms with Gasteiger partial charge in [0.1, 0.15) is 0 Å². The molecule has 2 heterocycles. The van der Waals surface area contributed by atoms with Gasteiger partial charge in [-0.25, -0.2) is 9.78 Å². The average molecular weight is 311 g/mol. The third-order valence-corrected chi connectivity index (χ3v) is 4.54. The number of aryl methyl sites for hydroxylation is 2. The normalized spacial score (nSPS) is 15.2. The number of amides is 2. The van der Waals surface area contributed by atoms with Gasteiger partial charge in [-0.1, -0.05) is 0 Å². The predicted octanol–water partition coefficient (Wildman–Crippen LogP) is 1.60. The van der Waals surface area contributed by atoms with E-state index in [0.29, 0.717) is 39.2 Å². The molecule has 0 spiro atoms. The first-order valence-corrected chi connectivity index (χ1v) is 7.95. The van der Waals surface area contributed by atoms with E-state index in [1.165, 1.54) is 0 Å². The zero-order valence-electron chi connectivity index (χ0n) is 12.7. The Morgan fingerprint density at radius 3 is 2.33 bits per heavy atom. The second-order valence-corrected chi connectivity index (χ2v) is 6.27. The Hall–Kier alpha value is -1.63. The molecule has 2 rings (SSSR count). The summed E-state index contributed by atoms with van der Waals surface area (Å²) in [6.45, 7) is 8.24. The van der Waals surface area contributed by atoms with Crippen molar-refractivity contribution in [3.8, 4) is 0 Å². The third kappa shape index (κ3) is 3.93. The van der Waals surface area contributed by atoms with Gasteiger partial charge in [0.05, 0.1) is 23.7 Å². The third-order valence-electron chi connectivity index (χ3n) is 3.47. The Kier molecular flexibility index (Phi) is 5.17. The van der Waals surface area contributed by atoms with E-state index in [1.54, 1.807) is 23.2 Å². The molecule has 6 nitrogen and oxygen atoms in total. The van der Waals surface area contributed by atoms with Crippen LogP contribution in [0.4, 0.5) is 4.79 Å². The van der Waals surface area contributed by atoms with Crippen molar-refractivity contribution >= 4 is 23.3 Å². The molecule has 0 saturated carbocycles. The first kappa shape index (κ1) is 15.8. The number of hydrogen-bond donors (Lipinski definition) is 0. The number of piperazine rings is 1. The first-order valence-electron chi connectivity index (χ1n) is 7.13. The van der Waals surface area contributed by atoms with Crippen molar-refractivity contribution in [3.63, 3.8) is 0 Å². The highest BCUT2D eigenvalue weighted by Crippen LogP contribution is 2.18. The summed E-state index contributed by atoms with van der Waals surface area (Å²) in [4.78, 5) is 32.7. The molecule has 0 aromatic carbocycles. The Morgan fingerprint density at radius 2 is 1.81 bits per heavy atom. The van der Waals surface area contributed by atoms with Gasteiger partial charge in [-0.3, -0.25) is 4.79 Å². The fourth-order valence-electron chi connectivity index (χ4n) is 2.34. The van der Waals surface area contributed by atoms with Gasteiger partial charge in [-0.15, -0.1) is 11.3 Å². The minimum absolute atomic E-state index is 0.102. The molecule has 0 aliphatic carbocycles. The first-order chi connectivity index (χ1) is 10.0. The van der Waals surface area contributed by atoms with Gasteiger partial charge < -0.3 is 14.5 Å². The summed E-state index contributed by atoms with van der Waals surface area (Å²) in [7, 11) is 0. The van der Waals surface area contributed by atoms with Crippen molar-refractivity contribution in [1.82, 2.24) is 14.8 Å². The fraction of sp³-hybridized carbons (Fsp3) is 0.643. The van der Waals surface area contributed by atoms with Crippen molar-refractivity contribution in [2.24, 2.45) is 0 Å². The molecule has 0 N–H and O–H groups in total. The lowest BCUT2D eigenvalue weighted by atomic mass is 10.2. The number of thiazole rings is 1.